The molecule has 25 heavy (non-hydrogen) atoms. The molecule has 1 heterocycles. The summed E-state index contributed by atoms with van der Waals surface area (Å²) >= 11 is 0. The largest absolute Gasteiger partial charge is 0.446 e. The maximum Gasteiger partial charge on any atom is 0.412 e. The van der Waals surface area contributed by atoms with E-state index in [2.05, 4.69) is 6.92 Å². The summed E-state index contributed by atoms with van der Waals surface area (Å²) in [6.07, 6.45) is 12.5. The highest BCUT2D eigenvalue weighted by atomic mass is 16.6. The van der Waals surface area contributed by atoms with Gasteiger partial charge < -0.3 is 9.47 Å². The molecule has 1 fully saturated rings. The highest BCUT2D eigenvalue weighted by Crippen LogP contribution is 2.35. The SMILES string of the molecule is CCCCCCCCCCC[C@H](C)OC(=O)N1C(C)(C)COC1(C)C. The van der Waals surface area contributed by atoms with E-state index in [9.17, 15) is 4.79 Å². The molecule has 0 aromatic carbocycles. The molecule has 148 valence electrons. The van der Waals surface area contributed by atoms with E-state index < -0.39 is 5.72 Å². The van der Waals surface area contributed by atoms with Gasteiger partial charge in [0.2, 0.25) is 0 Å². The minimum Gasteiger partial charge on any atom is -0.446 e. The Labute approximate surface area is 155 Å². The lowest BCUT2D eigenvalue weighted by Gasteiger charge is -2.37. The van der Waals surface area contributed by atoms with E-state index in [1.165, 1.54) is 51.4 Å². The zero-order valence-electron chi connectivity index (χ0n) is 17.5. The third-order valence-electron chi connectivity index (χ3n) is 5.12. The van der Waals surface area contributed by atoms with Gasteiger partial charge in [-0.3, -0.25) is 4.90 Å². The van der Waals surface area contributed by atoms with Crippen molar-refractivity contribution in [3.63, 3.8) is 0 Å². The molecule has 1 rings (SSSR count). The van der Waals surface area contributed by atoms with E-state index in [0.29, 0.717) is 6.61 Å². The third-order valence-corrected chi connectivity index (χ3v) is 5.12. The van der Waals surface area contributed by atoms with Crippen molar-refractivity contribution >= 4 is 6.09 Å². The summed E-state index contributed by atoms with van der Waals surface area (Å²) in [5.74, 6) is 0. The van der Waals surface area contributed by atoms with Crippen LogP contribution in [0.1, 0.15) is 106 Å². The topological polar surface area (TPSA) is 38.8 Å². The molecule has 0 N–H and O–H groups in total. The van der Waals surface area contributed by atoms with Gasteiger partial charge in [0.1, 0.15) is 11.8 Å². The first-order chi connectivity index (χ1) is 11.7. The first-order valence-corrected chi connectivity index (χ1v) is 10.4. The molecule has 0 aromatic rings. The summed E-state index contributed by atoms with van der Waals surface area (Å²) in [5, 5.41) is 0. The van der Waals surface area contributed by atoms with Crippen molar-refractivity contribution in [1.82, 2.24) is 4.90 Å². The van der Waals surface area contributed by atoms with Crippen LogP contribution in [-0.4, -0.2) is 35.0 Å². The molecule has 1 aliphatic rings. The highest BCUT2D eigenvalue weighted by molar-refractivity contribution is 5.70. The Morgan fingerprint density at radius 2 is 1.52 bits per heavy atom. The van der Waals surface area contributed by atoms with Gasteiger partial charge in [-0.05, 0) is 47.5 Å². The van der Waals surface area contributed by atoms with Crippen molar-refractivity contribution in [1.29, 1.82) is 0 Å². The first-order valence-electron chi connectivity index (χ1n) is 10.4. The second-order valence-electron chi connectivity index (χ2n) is 8.69. The molecule has 0 unspecified atom stereocenters. The summed E-state index contributed by atoms with van der Waals surface area (Å²) in [5.41, 5.74) is -0.920. The number of hydrogen-bond acceptors (Lipinski definition) is 3. The van der Waals surface area contributed by atoms with Gasteiger partial charge in [-0.25, -0.2) is 4.79 Å². The normalized spacial score (nSPS) is 19.8. The Morgan fingerprint density at radius 3 is 2.00 bits per heavy atom. The second-order valence-corrected chi connectivity index (χ2v) is 8.69. The van der Waals surface area contributed by atoms with Crippen LogP contribution in [-0.2, 0) is 9.47 Å². The standard InChI is InChI=1S/C21H41NO3/c1-7-8-9-10-11-12-13-14-15-16-18(2)25-19(23)22-20(3,4)17-24-21(22,5)6/h18H,7-17H2,1-6H3/t18-/m0/s1. The highest BCUT2D eigenvalue weighted by Gasteiger charge is 2.49. The van der Waals surface area contributed by atoms with Gasteiger partial charge >= 0.3 is 6.09 Å². The number of rotatable bonds is 11. The fraction of sp³-hybridized carbons (Fsp3) is 0.952. The maximum absolute atomic E-state index is 12.6. The van der Waals surface area contributed by atoms with Gasteiger partial charge in [0.25, 0.3) is 0 Å². The fourth-order valence-electron chi connectivity index (χ4n) is 3.70. The number of hydrogen-bond donors (Lipinski definition) is 0. The number of nitrogens with zero attached hydrogens (tertiary/aromatic N) is 1. The van der Waals surface area contributed by atoms with Crippen LogP contribution in [0.4, 0.5) is 4.79 Å². The van der Waals surface area contributed by atoms with E-state index in [4.69, 9.17) is 9.47 Å². The molecule has 0 bridgehead atoms. The van der Waals surface area contributed by atoms with E-state index in [1.807, 2.05) is 34.6 Å². The lowest BCUT2D eigenvalue weighted by molar-refractivity contribution is -0.0577. The van der Waals surface area contributed by atoms with Crippen molar-refractivity contribution < 1.29 is 14.3 Å². The van der Waals surface area contributed by atoms with E-state index >= 15 is 0 Å². The number of ether oxygens (including phenoxy) is 2. The van der Waals surface area contributed by atoms with Gasteiger partial charge in [-0.15, -0.1) is 0 Å². The van der Waals surface area contributed by atoms with Crippen molar-refractivity contribution in [2.24, 2.45) is 0 Å². The number of amides is 1. The van der Waals surface area contributed by atoms with Crippen LogP contribution in [0.3, 0.4) is 0 Å². The van der Waals surface area contributed by atoms with Gasteiger partial charge in [0, 0.05) is 0 Å². The summed E-state index contributed by atoms with van der Waals surface area (Å²) in [6.45, 7) is 12.7. The Morgan fingerprint density at radius 1 is 1.00 bits per heavy atom. The smallest absolute Gasteiger partial charge is 0.412 e. The van der Waals surface area contributed by atoms with Crippen LogP contribution in [0.15, 0.2) is 0 Å². The summed E-state index contributed by atoms with van der Waals surface area (Å²) < 4.78 is 11.4. The summed E-state index contributed by atoms with van der Waals surface area (Å²) in [4.78, 5) is 14.3. The van der Waals surface area contributed by atoms with E-state index in [1.54, 1.807) is 4.90 Å². The molecule has 0 aliphatic carbocycles. The molecule has 1 saturated heterocycles. The summed E-state index contributed by atoms with van der Waals surface area (Å²) in [6, 6.07) is 0. The van der Waals surface area contributed by atoms with Crippen molar-refractivity contribution in [3.8, 4) is 0 Å². The molecule has 0 radical (unpaired) electrons. The van der Waals surface area contributed by atoms with Crippen LogP contribution in [0, 0.1) is 0 Å². The van der Waals surface area contributed by atoms with Crippen LogP contribution < -0.4 is 0 Å². The Bertz CT molecular complexity index is 377. The van der Waals surface area contributed by atoms with Crippen molar-refractivity contribution in [2.45, 2.75) is 123 Å². The molecular formula is C21H41NO3. The minimum absolute atomic E-state index is 0.0377. The number of unbranched alkanes of at least 4 members (excludes halogenated alkanes) is 8. The molecule has 1 aliphatic heterocycles. The molecule has 0 aromatic heterocycles. The minimum atomic E-state index is -0.599. The first kappa shape index (κ1) is 22.3. The van der Waals surface area contributed by atoms with Gasteiger partial charge in [0.15, 0.2) is 0 Å². The van der Waals surface area contributed by atoms with Crippen molar-refractivity contribution in [2.75, 3.05) is 6.61 Å². The van der Waals surface area contributed by atoms with Crippen molar-refractivity contribution in [3.05, 3.63) is 0 Å². The zero-order valence-corrected chi connectivity index (χ0v) is 17.5. The van der Waals surface area contributed by atoms with Gasteiger partial charge in [-0.1, -0.05) is 58.3 Å². The average molecular weight is 356 g/mol. The Hall–Kier alpha value is -0.770. The van der Waals surface area contributed by atoms with Crippen LogP contribution in [0.25, 0.3) is 0 Å². The Balaban J connectivity index is 2.17. The third kappa shape index (κ3) is 7.55. The molecule has 0 saturated carbocycles. The average Bonchev–Trinajstić information content (AvgIpc) is 2.73. The molecule has 1 amide bonds. The van der Waals surface area contributed by atoms with Gasteiger partial charge in [-0.2, -0.15) is 0 Å². The van der Waals surface area contributed by atoms with E-state index in [-0.39, 0.29) is 17.7 Å². The molecule has 1 atom stereocenters. The fourth-order valence-corrected chi connectivity index (χ4v) is 3.70. The quantitative estimate of drug-likeness (QED) is 0.409. The molecular weight excluding hydrogens is 314 g/mol. The van der Waals surface area contributed by atoms with Crippen LogP contribution in [0.2, 0.25) is 0 Å². The maximum atomic E-state index is 12.6. The molecule has 4 heteroatoms. The predicted molar refractivity (Wildman–Crippen MR) is 104 cm³/mol. The zero-order chi connectivity index (χ0) is 18.9. The monoisotopic (exact) mass is 355 g/mol. The predicted octanol–water partition coefficient (Wildman–Crippen LogP) is 6.28. The number of carbonyl (C=O) groups excluding carboxylic acids is 1. The van der Waals surface area contributed by atoms with E-state index in [0.717, 1.165) is 12.8 Å². The molecule has 4 nitrogen and oxygen atoms in total. The lowest BCUT2D eigenvalue weighted by Crippen LogP contribution is -2.53. The van der Waals surface area contributed by atoms with Crippen LogP contribution in [0.5, 0.6) is 0 Å². The number of carbonyl (C=O) groups is 1. The van der Waals surface area contributed by atoms with Gasteiger partial charge in [0.05, 0.1) is 12.1 Å². The molecule has 0 spiro atoms. The lowest BCUT2D eigenvalue weighted by atomic mass is 10.0. The summed E-state index contributed by atoms with van der Waals surface area (Å²) in [7, 11) is 0. The van der Waals surface area contributed by atoms with Crippen LogP contribution >= 0.6 is 0 Å². The second kappa shape index (κ2) is 10.4. The Kier molecular flexibility index (Phi) is 9.26.